The van der Waals surface area contributed by atoms with Crippen molar-refractivity contribution in [2.24, 2.45) is 0 Å². The average Bonchev–Trinajstić information content (AvgIpc) is 2.49. The largest absolute Gasteiger partial charge is 0.393 e. The van der Waals surface area contributed by atoms with Gasteiger partial charge in [-0.25, -0.2) is 0 Å². The molecule has 0 saturated heterocycles. The van der Waals surface area contributed by atoms with Gasteiger partial charge in [0.2, 0.25) is 0 Å². The standard InChI is InChI=1S/C16H23NO3S/c1-11(2)21(20)15-9-3-12(4-10-15)16(19)17-13-5-7-14(18)8-6-13/h3-4,9-11,13-14,18H,5-8H2,1-2H3,(H,17,19). The minimum Gasteiger partial charge on any atom is -0.393 e. The molecular weight excluding hydrogens is 286 g/mol. The summed E-state index contributed by atoms with van der Waals surface area (Å²) in [5.41, 5.74) is 0.589. The molecule has 1 aromatic carbocycles. The van der Waals surface area contributed by atoms with Gasteiger partial charge in [0.15, 0.2) is 0 Å². The number of carbonyl (C=O) groups is 1. The van der Waals surface area contributed by atoms with E-state index in [1.807, 2.05) is 13.8 Å². The van der Waals surface area contributed by atoms with Crippen LogP contribution in [0.4, 0.5) is 0 Å². The molecule has 0 radical (unpaired) electrons. The van der Waals surface area contributed by atoms with E-state index < -0.39 is 10.8 Å². The van der Waals surface area contributed by atoms with Crippen molar-refractivity contribution in [3.05, 3.63) is 29.8 Å². The zero-order valence-corrected chi connectivity index (χ0v) is 13.4. The zero-order valence-electron chi connectivity index (χ0n) is 12.5. The van der Waals surface area contributed by atoms with E-state index in [9.17, 15) is 14.1 Å². The molecule has 21 heavy (non-hydrogen) atoms. The Labute approximate surface area is 128 Å². The van der Waals surface area contributed by atoms with Gasteiger partial charge >= 0.3 is 0 Å². The second-order valence-corrected chi connectivity index (χ2v) is 7.86. The molecule has 1 aromatic rings. The van der Waals surface area contributed by atoms with Crippen LogP contribution in [-0.4, -0.2) is 32.6 Å². The Morgan fingerprint density at radius 3 is 2.29 bits per heavy atom. The Bertz CT molecular complexity index is 505. The number of amides is 1. The smallest absolute Gasteiger partial charge is 0.251 e. The fourth-order valence-corrected chi connectivity index (χ4v) is 3.45. The Balaban J connectivity index is 1.95. The van der Waals surface area contributed by atoms with Gasteiger partial charge in [0.25, 0.3) is 5.91 Å². The number of hydrogen-bond donors (Lipinski definition) is 2. The van der Waals surface area contributed by atoms with Gasteiger partial charge in [0, 0.05) is 21.8 Å². The number of rotatable bonds is 4. The summed E-state index contributed by atoms with van der Waals surface area (Å²) in [6.07, 6.45) is 2.92. The lowest BCUT2D eigenvalue weighted by atomic mass is 9.93. The SMILES string of the molecule is CC(C)S(=O)c1ccc(C(=O)NC2CCC(O)CC2)cc1. The fourth-order valence-electron chi connectivity index (χ4n) is 2.50. The average molecular weight is 309 g/mol. The first-order valence-electron chi connectivity index (χ1n) is 7.47. The highest BCUT2D eigenvalue weighted by molar-refractivity contribution is 7.85. The molecule has 0 aromatic heterocycles. The second-order valence-electron chi connectivity index (χ2n) is 5.85. The van der Waals surface area contributed by atoms with Gasteiger partial charge in [-0.1, -0.05) is 13.8 Å². The van der Waals surface area contributed by atoms with Gasteiger partial charge in [-0.2, -0.15) is 0 Å². The highest BCUT2D eigenvalue weighted by Crippen LogP contribution is 2.19. The van der Waals surface area contributed by atoms with E-state index in [4.69, 9.17) is 0 Å². The number of benzene rings is 1. The van der Waals surface area contributed by atoms with Crippen molar-refractivity contribution in [1.82, 2.24) is 5.32 Å². The molecule has 1 unspecified atom stereocenters. The van der Waals surface area contributed by atoms with Crippen LogP contribution >= 0.6 is 0 Å². The van der Waals surface area contributed by atoms with Gasteiger partial charge < -0.3 is 10.4 Å². The molecule has 5 heteroatoms. The van der Waals surface area contributed by atoms with Crippen LogP contribution in [0.2, 0.25) is 0 Å². The molecule has 2 N–H and O–H groups in total. The van der Waals surface area contributed by atoms with Crippen molar-refractivity contribution in [1.29, 1.82) is 0 Å². The third-order valence-electron chi connectivity index (χ3n) is 3.81. The first kappa shape index (κ1) is 16.2. The lowest BCUT2D eigenvalue weighted by molar-refractivity contribution is 0.0867. The van der Waals surface area contributed by atoms with Crippen LogP contribution in [-0.2, 0) is 10.8 Å². The van der Waals surface area contributed by atoms with E-state index in [1.54, 1.807) is 24.3 Å². The van der Waals surface area contributed by atoms with Gasteiger partial charge in [0.1, 0.15) is 0 Å². The Morgan fingerprint density at radius 2 is 1.76 bits per heavy atom. The van der Waals surface area contributed by atoms with Crippen LogP contribution in [0.25, 0.3) is 0 Å². The van der Waals surface area contributed by atoms with E-state index in [0.717, 1.165) is 30.6 Å². The number of aliphatic hydroxyl groups excluding tert-OH is 1. The van der Waals surface area contributed by atoms with Gasteiger partial charge in [-0.3, -0.25) is 9.00 Å². The summed E-state index contributed by atoms with van der Waals surface area (Å²) in [6.45, 7) is 3.82. The highest BCUT2D eigenvalue weighted by atomic mass is 32.2. The molecule has 1 amide bonds. The lowest BCUT2D eigenvalue weighted by Gasteiger charge is -2.26. The summed E-state index contributed by atoms with van der Waals surface area (Å²) < 4.78 is 12.0. The summed E-state index contributed by atoms with van der Waals surface area (Å²) in [5, 5.41) is 12.5. The molecule has 1 saturated carbocycles. The van der Waals surface area contributed by atoms with Crippen molar-refractivity contribution in [3.8, 4) is 0 Å². The minimum absolute atomic E-state index is 0.0679. The first-order valence-corrected chi connectivity index (χ1v) is 8.68. The quantitative estimate of drug-likeness (QED) is 0.896. The Kier molecular flexibility index (Phi) is 5.53. The fraction of sp³-hybridized carbons (Fsp3) is 0.562. The summed E-state index contributed by atoms with van der Waals surface area (Å²) in [7, 11) is -1.03. The van der Waals surface area contributed by atoms with Crippen LogP contribution in [0.15, 0.2) is 29.2 Å². The normalized spacial score (nSPS) is 23.8. The molecule has 1 aliphatic rings. The van der Waals surface area contributed by atoms with Crippen molar-refractivity contribution in [2.75, 3.05) is 0 Å². The lowest BCUT2D eigenvalue weighted by Crippen LogP contribution is -2.38. The van der Waals surface area contributed by atoms with Crippen LogP contribution in [0.5, 0.6) is 0 Å². The number of aliphatic hydroxyl groups is 1. The Morgan fingerprint density at radius 1 is 1.19 bits per heavy atom. The number of hydrogen-bond acceptors (Lipinski definition) is 3. The van der Waals surface area contributed by atoms with E-state index in [-0.39, 0.29) is 23.3 Å². The highest BCUT2D eigenvalue weighted by Gasteiger charge is 2.21. The predicted octanol–water partition coefficient (Wildman–Crippen LogP) is 2.24. The molecule has 0 aliphatic heterocycles. The van der Waals surface area contributed by atoms with Crippen LogP contribution in [0, 0.1) is 0 Å². The van der Waals surface area contributed by atoms with Crippen LogP contribution in [0.3, 0.4) is 0 Å². The van der Waals surface area contributed by atoms with Crippen molar-refractivity contribution < 1.29 is 14.1 Å². The minimum atomic E-state index is -1.03. The first-order chi connectivity index (χ1) is 9.97. The van der Waals surface area contributed by atoms with Crippen molar-refractivity contribution in [2.45, 2.75) is 61.8 Å². The zero-order chi connectivity index (χ0) is 15.4. The third-order valence-corrected chi connectivity index (χ3v) is 5.40. The van der Waals surface area contributed by atoms with Crippen molar-refractivity contribution >= 4 is 16.7 Å². The summed E-state index contributed by atoms with van der Waals surface area (Å²) >= 11 is 0. The maximum absolute atomic E-state index is 12.2. The number of nitrogens with one attached hydrogen (secondary N) is 1. The van der Waals surface area contributed by atoms with Crippen molar-refractivity contribution in [3.63, 3.8) is 0 Å². The van der Waals surface area contributed by atoms with Gasteiger partial charge in [-0.15, -0.1) is 0 Å². The third kappa shape index (κ3) is 4.38. The maximum atomic E-state index is 12.2. The van der Waals surface area contributed by atoms with Crippen LogP contribution in [0.1, 0.15) is 49.9 Å². The Hall–Kier alpha value is -1.20. The molecule has 2 rings (SSSR count). The molecule has 1 fully saturated rings. The number of carbonyl (C=O) groups excluding carboxylic acids is 1. The summed E-state index contributed by atoms with van der Waals surface area (Å²) in [6, 6.07) is 7.11. The molecular formula is C16H23NO3S. The molecule has 0 bridgehead atoms. The molecule has 116 valence electrons. The van der Waals surface area contributed by atoms with E-state index in [0.29, 0.717) is 5.56 Å². The van der Waals surface area contributed by atoms with Gasteiger partial charge in [-0.05, 0) is 49.9 Å². The predicted molar refractivity (Wildman–Crippen MR) is 83.7 cm³/mol. The molecule has 0 heterocycles. The molecule has 1 atom stereocenters. The molecule has 0 spiro atoms. The molecule has 4 nitrogen and oxygen atoms in total. The summed E-state index contributed by atoms with van der Waals surface area (Å²) in [5.74, 6) is -0.0988. The topological polar surface area (TPSA) is 66.4 Å². The van der Waals surface area contributed by atoms with Crippen LogP contribution < -0.4 is 5.32 Å². The van der Waals surface area contributed by atoms with E-state index >= 15 is 0 Å². The monoisotopic (exact) mass is 309 g/mol. The second kappa shape index (κ2) is 7.18. The van der Waals surface area contributed by atoms with E-state index in [1.165, 1.54) is 0 Å². The van der Waals surface area contributed by atoms with Gasteiger partial charge in [0.05, 0.1) is 16.9 Å². The maximum Gasteiger partial charge on any atom is 0.251 e. The summed E-state index contributed by atoms with van der Waals surface area (Å²) in [4.78, 5) is 12.9. The van der Waals surface area contributed by atoms with E-state index in [2.05, 4.69) is 5.32 Å². The molecule has 1 aliphatic carbocycles.